The van der Waals surface area contributed by atoms with Gasteiger partial charge in [-0.1, -0.05) is 12.1 Å². The van der Waals surface area contributed by atoms with E-state index in [0.717, 1.165) is 0 Å². The lowest BCUT2D eigenvalue weighted by molar-refractivity contribution is -0.118. The van der Waals surface area contributed by atoms with Crippen LogP contribution in [0.3, 0.4) is 0 Å². The van der Waals surface area contributed by atoms with Gasteiger partial charge in [-0.2, -0.15) is 5.10 Å². The fourth-order valence-corrected chi connectivity index (χ4v) is 1.76. The normalized spacial score (nSPS) is 10.5. The number of hydrogen-bond acceptors (Lipinski definition) is 4. The first-order chi connectivity index (χ1) is 10.1. The molecule has 6 nitrogen and oxygen atoms in total. The molecule has 0 saturated heterocycles. The number of nitrogens with zero attached hydrogens (tertiary/aromatic N) is 2. The second-order valence-electron chi connectivity index (χ2n) is 4.79. The molecule has 0 aliphatic heterocycles. The summed E-state index contributed by atoms with van der Waals surface area (Å²) in [5.41, 5.74) is 0.617. The van der Waals surface area contributed by atoms with Gasteiger partial charge in [-0.15, -0.1) is 0 Å². The number of amides is 1. The molecule has 0 saturated carbocycles. The second-order valence-corrected chi connectivity index (χ2v) is 4.79. The Morgan fingerprint density at radius 1 is 1.38 bits per heavy atom. The molecule has 1 aromatic carbocycles. The highest BCUT2D eigenvalue weighted by atomic mass is 16.5. The fraction of sp³-hybridized carbons (Fsp3) is 0.333. The molecule has 1 amide bonds. The van der Waals surface area contributed by atoms with Crippen LogP contribution < -0.4 is 14.8 Å². The number of para-hydroxylation sites is 2. The number of aromatic nitrogens is 2. The maximum Gasteiger partial charge on any atom is 0.262 e. The lowest BCUT2D eigenvalue weighted by atomic mass is 10.3. The fourth-order valence-electron chi connectivity index (χ4n) is 1.76. The Kier molecular flexibility index (Phi) is 4.81. The summed E-state index contributed by atoms with van der Waals surface area (Å²) in [4.78, 5) is 11.9. The van der Waals surface area contributed by atoms with Crippen LogP contribution in [0.1, 0.15) is 19.9 Å². The van der Waals surface area contributed by atoms with E-state index >= 15 is 0 Å². The molecule has 2 aromatic rings. The number of hydrogen-bond donors (Lipinski definition) is 1. The van der Waals surface area contributed by atoms with Crippen LogP contribution in [0.5, 0.6) is 11.5 Å². The molecule has 0 unspecified atom stereocenters. The monoisotopic (exact) mass is 289 g/mol. The minimum atomic E-state index is -0.253. The minimum Gasteiger partial charge on any atom is -0.495 e. The Morgan fingerprint density at radius 2 is 2.14 bits per heavy atom. The van der Waals surface area contributed by atoms with Crippen molar-refractivity contribution in [1.29, 1.82) is 0 Å². The molecule has 6 heteroatoms. The average molecular weight is 289 g/mol. The smallest absolute Gasteiger partial charge is 0.262 e. The van der Waals surface area contributed by atoms with Crippen LogP contribution in [-0.4, -0.2) is 29.4 Å². The zero-order valence-corrected chi connectivity index (χ0v) is 12.4. The maximum atomic E-state index is 11.9. The number of nitrogens with one attached hydrogen (secondary N) is 1. The summed E-state index contributed by atoms with van der Waals surface area (Å²) in [6.45, 7) is 3.96. The molecule has 21 heavy (non-hydrogen) atoms. The minimum absolute atomic E-state index is 0.0815. The van der Waals surface area contributed by atoms with Crippen LogP contribution in [0.15, 0.2) is 36.7 Å². The van der Waals surface area contributed by atoms with Crippen molar-refractivity contribution in [3.05, 3.63) is 36.7 Å². The van der Waals surface area contributed by atoms with Gasteiger partial charge in [0.15, 0.2) is 12.4 Å². The number of rotatable bonds is 6. The third kappa shape index (κ3) is 3.98. The first-order valence-corrected chi connectivity index (χ1v) is 6.70. The van der Waals surface area contributed by atoms with Crippen molar-refractivity contribution < 1.29 is 14.3 Å². The third-order valence-corrected chi connectivity index (χ3v) is 2.86. The van der Waals surface area contributed by atoms with E-state index in [4.69, 9.17) is 9.47 Å². The lowest BCUT2D eigenvalue weighted by Crippen LogP contribution is -2.20. The molecule has 112 valence electrons. The predicted molar refractivity (Wildman–Crippen MR) is 79.7 cm³/mol. The van der Waals surface area contributed by atoms with Crippen LogP contribution in [-0.2, 0) is 4.79 Å². The summed E-state index contributed by atoms with van der Waals surface area (Å²) in [7, 11) is 1.56. The van der Waals surface area contributed by atoms with E-state index in [-0.39, 0.29) is 18.6 Å². The predicted octanol–water partition coefficient (Wildman–Crippen LogP) is 2.49. The number of benzene rings is 1. The molecule has 0 spiro atoms. The van der Waals surface area contributed by atoms with Gasteiger partial charge in [-0.05, 0) is 26.0 Å². The number of methoxy groups -OCH3 is 1. The summed E-state index contributed by atoms with van der Waals surface area (Å²) >= 11 is 0. The van der Waals surface area contributed by atoms with Gasteiger partial charge in [0.05, 0.1) is 25.2 Å². The van der Waals surface area contributed by atoms with Crippen molar-refractivity contribution in [2.45, 2.75) is 19.9 Å². The Bertz CT molecular complexity index is 608. The molecule has 0 bridgehead atoms. The quantitative estimate of drug-likeness (QED) is 0.887. The van der Waals surface area contributed by atoms with E-state index in [0.29, 0.717) is 17.2 Å². The Morgan fingerprint density at radius 3 is 2.81 bits per heavy atom. The molecule has 0 fully saturated rings. The van der Waals surface area contributed by atoms with E-state index in [2.05, 4.69) is 10.4 Å². The largest absolute Gasteiger partial charge is 0.495 e. The molecule has 0 atom stereocenters. The summed E-state index contributed by atoms with van der Waals surface area (Å²) < 4.78 is 12.3. The molecule has 0 aliphatic rings. The van der Waals surface area contributed by atoms with Crippen LogP contribution in [0.2, 0.25) is 0 Å². The van der Waals surface area contributed by atoms with Crippen molar-refractivity contribution in [2.75, 3.05) is 19.0 Å². The van der Waals surface area contributed by atoms with Crippen molar-refractivity contribution in [3.63, 3.8) is 0 Å². The van der Waals surface area contributed by atoms with Crippen LogP contribution in [0, 0.1) is 0 Å². The van der Waals surface area contributed by atoms with Crippen LogP contribution in [0.25, 0.3) is 0 Å². The van der Waals surface area contributed by atoms with Crippen molar-refractivity contribution in [2.24, 2.45) is 0 Å². The third-order valence-electron chi connectivity index (χ3n) is 2.86. The van der Waals surface area contributed by atoms with Gasteiger partial charge in [-0.3, -0.25) is 9.48 Å². The van der Waals surface area contributed by atoms with E-state index in [1.54, 1.807) is 36.3 Å². The number of anilines is 1. The summed E-state index contributed by atoms with van der Waals surface area (Å²) in [6.07, 6.45) is 3.36. The topological polar surface area (TPSA) is 65.4 Å². The summed E-state index contributed by atoms with van der Waals surface area (Å²) in [5, 5.41) is 6.89. The van der Waals surface area contributed by atoms with Crippen molar-refractivity contribution in [1.82, 2.24) is 9.78 Å². The molecular weight excluding hydrogens is 270 g/mol. The number of carbonyl (C=O) groups is 1. The van der Waals surface area contributed by atoms with E-state index < -0.39 is 0 Å². The first-order valence-electron chi connectivity index (χ1n) is 6.70. The van der Waals surface area contributed by atoms with Gasteiger partial charge in [0.25, 0.3) is 5.91 Å². The highest BCUT2D eigenvalue weighted by Gasteiger charge is 2.09. The van der Waals surface area contributed by atoms with Gasteiger partial charge in [0, 0.05) is 6.04 Å². The van der Waals surface area contributed by atoms with Gasteiger partial charge in [0.2, 0.25) is 0 Å². The summed E-state index contributed by atoms with van der Waals surface area (Å²) in [5.74, 6) is 0.925. The van der Waals surface area contributed by atoms with Gasteiger partial charge < -0.3 is 14.8 Å². The molecule has 0 radical (unpaired) electrons. The average Bonchev–Trinajstić information content (AvgIpc) is 2.95. The molecular formula is C15H19N3O3. The molecule has 0 aliphatic carbocycles. The number of carbonyl (C=O) groups excluding carboxylic acids is 1. The Labute approximate surface area is 123 Å². The Hall–Kier alpha value is -2.50. The highest BCUT2D eigenvalue weighted by Crippen LogP contribution is 2.22. The molecule has 1 N–H and O–H groups in total. The van der Waals surface area contributed by atoms with E-state index in [9.17, 15) is 4.79 Å². The lowest BCUT2D eigenvalue weighted by Gasteiger charge is -2.10. The zero-order valence-electron chi connectivity index (χ0n) is 12.4. The Balaban J connectivity index is 1.89. The highest BCUT2D eigenvalue weighted by molar-refractivity contribution is 5.93. The molecule has 1 aromatic heterocycles. The van der Waals surface area contributed by atoms with Crippen LogP contribution in [0.4, 0.5) is 5.69 Å². The van der Waals surface area contributed by atoms with Crippen molar-refractivity contribution in [3.8, 4) is 11.5 Å². The first kappa shape index (κ1) is 14.9. The van der Waals surface area contributed by atoms with Gasteiger partial charge in [0.1, 0.15) is 5.75 Å². The number of ether oxygens (including phenoxy) is 2. The standard InChI is InChI=1S/C15H19N3O3/c1-11(2)18-9-12(8-16-18)21-10-15(19)17-13-6-4-5-7-14(13)20-3/h4-9,11H,10H2,1-3H3,(H,17,19). The van der Waals surface area contributed by atoms with Gasteiger partial charge >= 0.3 is 0 Å². The SMILES string of the molecule is COc1ccccc1NC(=O)COc1cnn(C(C)C)c1. The van der Waals surface area contributed by atoms with Crippen LogP contribution >= 0.6 is 0 Å². The second kappa shape index (κ2) is 6.78. The maximum absolute atomic E-state index is 11.9. The van der Waals surface area contributed by atoms with E-state index in [1.165, 1.54) is 0 Å². The van der Waals surface area contributed by atoms with Crippen molar-refractivity contribution >= 4 is 11.6 Å². The van der Waals surface area contributed by atoms with E-state index in [1.807, 2.05) is 26.0 Å². The van der Waals surface area contributed by atoms with Gasteiger partial charge in [-0.25, -0.2) is 0 Å². The summed E-state index contributed by atoms with van der Waals surface area (Å²) in [6, 6.07) is 7.47. The molecule has 2 rings (SSSR count). The zero-order chi connectivity index (χ0) is 15.2. The molecule has 1 heterocycles.